The van der Waals surface area contributed by atoms with Crippen molar-refractivity contribution < 1.29 is 35.0 Å². The maximum Gasteiger partial charge on any atom is 0.393 e. The Morgan fingerprint density at radius 1 is 0.625 bits per heavy atom. The largest absolute Gasteiger partial charge is 0.393 e. The molecule has 2 aromatic rings. The molecule has 0 amide bonds. The average molecular weight is 370 g/mol. The van der Waals surface area contributed by atoms with E-state index in [1.54, 1.807) is 36.4 Å². The van der Waals surface area contributed by atoms with Gasteiger partial charge in [0.25, 0.3) is 0 Å². The van der Waals surface area contributed by atoms with Crippen molar-refractivity contribution in [2.45, 2.75) is 0 Å². The van der Waals surface area contributed by atoms with Crippen molar-refractivity contribution in [3.8, 4) is 0 Å². The molecule has 24 heavy (non-hydrogen) atoms. The third kappa shape index (κ3) is 5.66. The lowest BCUT2D eigenvalue weighted by Crippen LogP contribution is -2.14. The summed E-state index contributed by atoms with van der Waals surface area (Å²) in [5.41, 5.74) is 0.261. The smallest absolute Gasteiger partial charge is 0.337 e. The zero-order chi connectivity index (χ0) is 17.4. The van der Waals surface area contributed by atoms with Crippen LogP contribution in [0.1, 0.15) is 20.7 Å². The van der Waals surface area contributed by atoms with Crippen molar-refractivity contribution in [3.05, 3.63) is 71.8 Å². The summed E-state index contributed by atoms with van der Waals surface area (Å²) in [6.45, 7) is 0. The molecule has 2 unspecified atom stereocenters. The Hall–Kier alpha value is -2.40. The third-order valence-electron chi connectivity index (χ3n) is 2.45. The first-order valence-electron chi connectivity index (χ1n) is 6.30. The van der Waals surface area contributed by atoms with E-state index in [0.717, 1.165) is 0 Å². The van der Waals surface area contributed by atoms with E-state index in [1.165, 1.54) is 24.3 Å². The molecule has 126 valence electrons. The summed E-state index contributed by atoms with van der Waals surface area (Å²) in [6.07, 6.45) is 0. The summed E-state index contributed by atoms with van der Waals surface area (Å²) in [4.78, 5) is 23.1. The molecule has 0 spiro atoms. The van der Waals surface area contributed by atoms with Gasteiger partial charge in [-0.25, -0.2) is 9.59 Å². The lowest BCUT2D eigenvalue weighted by molar-refractivity contribution is -0.0896. The topological polar surface area (TPSA) is 105 Å². The van der Waals surface area contributed by atoms with Gasteiger partial charge in [-0.1, -0.05) is 45.1 Å². The van der Waals surface area contributed by atoms with Crippen molar-refractivity contribution in [2.24, 2.45) is 0 Å². The molecule has 2 rings (SSSR count). The normalized spacial score (nSPS) is 12.8. The molecule has 0 saturated heterocycles. The molecule has 0 bridgehead atoms. The van der Waals surface area contributed by atoms with Crippen LogP contribution in [0.2, 0.25) is 0 Å². The van der Waals surface area contributed by atoms with Gasteiger partial charge in [0, 0.05) is 0 Å². The minimum absolute atomic E-state index is 0.131. The highest BCUT2D eigenvalue weighted by atomic mass is 32.2. The summed E-state index contributed by atoms with van der Waals surface area (Å²) in [5, 5.41) is 0. The van der Waals surface area contributed by atoms with E-state index < -0.39 is 34.7 Å². The highest BCUT2D eigenvalue weighted by Gasteiger charge is 2.17. The van der Waals surface area contributed by atoms with E-state index >= 15 is 0 Å². The Morgan fingerprint density at radius 3 is 1.29 bits per heavy atom. The lowest BCUT2D eigenvalue weighted by Gasteiger charge is -2.03. The number of carbonyl (C=O) groups excluding carboxylic acids is 2. The molecule has 0 aliphatic rings. The molecule has 0 heterocycles. The number of benzene rings is 2. The SMILES string of the molecule is O=C(OS(=O)OOS(=O)OC(=O)c1ccccc1)c1ccccc1. The lowest BCUT2D eigenvalue weighted by atomic mass is 10.2. The highest BCUT2D eigenvalue weighted by Crippen LogP contribution is 2.06. The van der Waals surface area contributed by atoms with Crippen molar-refractivity contribution in [1.82, 2.24) is 0 Å². The molecular formula is C14H10O8S2. The molecule has 10 heteroatoms. The number of rotatable bonds is 7. The second-order valence-electron chi connectivity index (χ2n) is 4.02. The summed E-state index contributed by atoms with van der Waals surface area (Å²) in [5.74, 6) is -1.88. The molecule has 0 aromatic heterocycles. The second-order valence-corrected chi connectivity index (χ2v) is 5.44. The van der Waals surface area contributed by atoms with E-state index in [1.807, 2.05) is 0 Å². The van der Waals surface area contributed by atoms with Gasteiger partial charge in [0.1, 0.15) is 0 Å². The van der Waals surface area contributed by atoms with Crippen LogP contribution in [0.4, 0.5) is 0 Å². The van der Waals surface area contributed by atoms with Gasteiger partial charge in [-0.15, -0.1) is 0 Å². The third-order valence-corrected chi connectivity index (χ3v) is 3.46. The van der Waals surface area contributed by atoms with Gasteiger partial charge in [-0.3, -0.25) is 0 Å². The fourth-order valence-corrected chi connectivity index (χ4v) is 2.30. The molecule has 0 radical (unpaired) electrons. The molecule has 0 aliphatic carbocycles. The summed E-state index contributed by atoms with van der Waals surface area (Å²) in [6, 6.07) is 15.4. The average Bonchev–Trinajstić information content (AvgIpc) is 2.61. The van der Waals surface area contributed by atoms with Gasteiger partial charge in [0.15, 0.2) is 0 Å². The molecular weight excluding hydrogens is 360 g/mol. The minimum atomic E-state index is -2.69. The van der Waals surface area contributed by atoms with Crippen LogP contribution in [0.25, 0.3) is 0 Å². The standard InChI is InChI=1S/C14H10O8S2/c15-13(11-7-3-1-4-8-11)19-23(17)21-22-24(18)20-14(16)12-9-5-2-6-10-12/h1-10H. The summed E-state index contributed by atoms with van der Waals surface area (Å²) >= 11 is -5.37. The van der Waals surface area contributed by atoms with Crippen molar-refractivity contribution in [3.63, 3.8) is 0 Å². The molecule has 2 atom stereocenters. The number of hydrogen-bond acceptors (Lipinski definition) is 8. The Kier molecular flexibility index (Phi) is 6.75. The van der Waals surface area contributed by atoms with E-state index in [4.69, 9.17) is 0 Å². The van der Waals surface area contributed by atoms with Crippen LogP contribution in [0, 0.1) is 0 Å². The quantitative estimate of drug-likeness (QED) is 0.537. The highest BCUT2D eigenvalue weighted by molar-refractivity contribution is 7.77. The van der Waals surface area contributed by atoms with Gasteiger partial charge < -0.3 is 8.37 Å². The maximum absolute atomic E-state index is 11.6. The molecule has 0 aliphatic heterocycles. The second kappa shape index (κ2) is 9.03. The zero-order valence-electron chi connectivity index (χ0n) is 11.9. The molecule has 2 aromatic carbocycles. The number of hydrogen-bond donors (Lipinski definition) is 0. The molecule has 8 nitrogen and oxygen atoms in total. The summed E-state index contributed by atoms with van der Waals surface area (Å²) < 4.78 is 39.6. The van der Waals surface area contributed by atoms with Crippen LogP contribution in [-0.4, -0.2) is 20.4 Å². The first kappa shape index (κ1) is 17.9. The van der Waals surface area contributed by atoms with Crippen LogP contribution < -0.4 is 0 Å². The molecule has 0 fully saturated rings. The summed E-state index contributed by atoms with van der Waals surface area (Å²) in [7, 11) is 0. The fourth-order valence-electron chi connectivity index (χ4n) is 1.44. The molecule has 0 saturated carbocycles. The van der Waals surface area contributed by atoms with Gasteiger partial charge in [0.2, 0.25) is 0 Å². The van der Waals surface area contributed by atoms with Crippen LogP contribution in [-0.2, 0) is 39.8 Å². The van der Waals surface area contributed by atoms with E-state index in [9.17, 15) is 18.0 Å². The Bertz CT molecular complexity index is 682. The first-order valence-corrected chi connectivity index (χ1v) is 8.30. The minimum Gasteiger partial charge on any atom is -0.337 e. The van der Waals surface area contributed by atoms with Crippen LogP contribution >= 0.6 is 0 Å². The first-order chi connectivity index (χ1) is 11.6. The zero-order valence-corrected chi connectivity index (χ0v) is 13.5. The van der Waals surface area contributed by atoms with Crippen molar-refractivity contribution >= 4 is 34.7 Å². The fraction of sp³-hybridized carbons (Fsp3) is 0. The predicted octanol–water partition coefficient (Wildman–Crippen LogP) is 1.81. The van der Waals surface area contributed by atoms with Gasteiger partial charge in [-0.05, 0) is 24.3 Å². The Balaban J connectivity index is 1.76. The van der Waals surface area contributed by atoms with Crippen molar-refractivity contribution in [1.29, 1.82) is 0 Å². The predicted molar refractivity (Wildman–Crippen MR) is 82.2 cm³/mol. The Morgan fingerprint density at radius 2 is 0.958 bits per heavy atom. The van der Waals surface area contributed by atoms with Crippen molar-refractivity contribution in [2.75, 3.05) is 0 Å². The van der Waals surface area contributed by atoms with Crippen LogP contribution in [0.3, 0.4) is 0 Å². The van der Waals surface area contributed by atoms with Gasteiger partial charge in [-0.2, -0.15) is 8.42 Å². The number of carbonyl (C=O) groups is 2. The van der Waals surface area contributed by atoms with E-state index in [-0.39, 0.29) is 11.1 Å². The van der Waals surface area contributed by atoms with Crippen LogP contribution in [0.5, 0.6) is 0 Å². The Labute approximate surface area is 142 Å². The van der Waals surface area contributed by atoms with Gasteiger partial charge >= 0.3 is 34.7 Å². The van der Waals surface area contributed by atoms with Gasteiger partial charge in [0.05, 0.1) is 11.1 Å². The monoisotopic (exact) mass is 370 g/mol. The van der Waals surface area contributed by atoms with E-state index in [2.05, 4.69) is 17.0 Å². The molecule has 0 N–H and O–H groups in total. The van der Waals surface area contributed by atoms with Crippen LogP contribution in [0.15, 0.2) is 60.7 Å². The van der Waals surface area contributed by atoms with E-state index in [0.29, 0.717) is 0 Å². The maximum atomic E-state index is 11.6.